The second-order valence-electron chi connectivity index (χ2n) is 3.05. The van der Waals surface area contributed by atoms with E-state index in [9.17, 15) is 0 Å². The van der Waals surface area contributed by atoms with Crippen molar-refractivity contribution in [3.05, 3.63) is 44.1 Å². The molecular formula is C12H19Ru+. The van der Waals surface area contributed by atoms with Gasteiger partial charge in [0.2, 0.25) is 0 Å². The van der Waals surface area contributed by atoms with Crippen LogP contribution >= 0.6 is 0 Å². The monoisotopic (exact) mass is 265 g/mol. The Morgan fingerprint density at radius 2 is 1.00 bits per heavy atom. The van der Waals surface area contributed by atoms with Crippen LogP contribution in [0, 0.1) is 19.8 Å². The van der Waals surface area contributed by atoms with Crippen molar-refractivity contribution >= 4 is 0 Å². The van der Waals surface area contributed by atoms with Crippen LogP contribution in [-0.2, 0) is 19.5 Å². The molecule has 0 unspecified atom stereocenters. The van der Waals surface area contributed by atoms with E-state index in [0.717, 1.165) is 5.92 Å². The summed E-state index contributed by atoms with van der Waals surface area (Å²) in [5, 5.41) is 0. The van der Waals surface area contributed by atoms with Crippen molar-refractivity contribution in [1.29, 1.82) is 0 Å². The molecule has 0 nitrogen and oxygen atoms in total. The molecule has 0 saturated heterocycles. The van der Waals surface area contributed by atoms with Crippen molar-refractivity contribution in [2.45, 2.75) is 32.6 Å². The third kappa shape index (κ3) is 18.8. The van der Waals surface area contributed by atoms with Crippen molar-refractivity contribution in [3.8, 4) is 0 Å². The number of hydrogen-bond donors (Lipinski definition) is 0. The predicted octanol–water partition coefficient (Wildman–Crippen LogP) is 3.92. The second kappa shape index (κ2) is 12.1. The molecule has 0 heterocycles. The SMILES string of the molecule is C1=C\CC/C=C\CC/1.[CH2][C]([CH2])C.[Ru+]. The first-order valence-corrected chi connectivity index (χ1v) is 4.51. The van der Waals surface area contributed by atoms with Crippen molar-refractivity contribution in [2.75, 3.05) is 0 Å². The standard InChI is InChI=1S/C8H12.C4H7.Ru/c1-2-4-6-8-7-5-3-1;1-4(2)3;/h1-2,7-8H,3-6H2;1-2H2,3H3;/q;;+1/b2-1-,8-7-;;. The maximum absolute atomic E-state index is 3.44. The van der Waals surface area contributed by atoms with Gasteiger partial charge in [0.15, 0.2) is 0 Å². The topological polar surface area (TPSA) is 0 Å². The molecule has 13 heavy (non-hydrogen) atoms. The Hall–Kier alpha value is 0.103. The molecule has 0 aromatic rings. The molecule has 0 N–H and O–H groups in total. The van der Waals surface area contributed by atoms with Gasteiger partial charge < -0.3 is 0 Å². The van der Waals surface area contributed by atoms with Crippen molar-refractivity contribution in [1.82, 2.24) is 0 Å². The van der Waals surface area contributed by atoms with E-state index < -0.39 is 0 Å². The van der Waals surface area contributed by atoms with Crippen LogP contribution in [0.1, 0.15) is 32.6 Å². The Kier molecular flexibility index (Phi) is 14.5. The number of rotatable bonds is 0. The summed E-state index contributed by atoms with van der Waals surface area (Å²) in [4.78, 5) is 0. The maximum Gasteiger partial charge on any atom is 1.00 e. The Balaban J connectivity index is 0. The van der Waals surface area contributed by atoms with E-state index in [4.69, 9.17) is 0 Å². The van der Waals surface area contributed by atoms with Crippen molar-refractivity contribution in [3.63, 3.8) is 0 Å². The van der Waals surface area contributed by atoms with Gasteiger partial charge in [-0.05, 0) is 45.4 Å². The summed E-state index contributed by atoms with van der Waals surface area (Å²) in [6.07, 6.45) is 14.0. The molecule has 0 fully saturated rings. The first-order valence-electron chi connectivity index (χ1n) is 4.51. The molecule has 0 aliphatic heterocycles. The van der Waals surface area contributed by atoms with Crippen LogP contribution in [0.15, 0.2) is 24.3 Å². The number of allylic oxidation sites excluding steroid dienone is 4. The molecule has 0 bridgehead atoms. The smallest absolute Gasteiger partial charge is 0.0882 e. The van der Waals surface area contributed by atoms with Crippen LogP contribution in [0.25, 0.3) is 0 Å². The van der Waals surface area contributed by atoms with E-state index in [1.165, 1.54) is 25.7 Å². The van der Waals surface area contributed by atoms with Crippen molar-refractivity contribution in [2.24, 2.45) is 0 Å². The summed E-state index contributed by atoms with van der Waals surface area (Å²) in [6.45, 7) is 8.75. The normalized spacial score (nSPS) is 20.0. The minimum Gasteiger partial charge on any atom is -0.0882 e. The average molecular weight is 264 g/mol. The molecular weight excluding hydrogens is 245 g/mol. The predicted molar refractivity (Wildman–Crippen MR) is 56.4 cm³/mol. The van der Waals surface area contributed by atoms with E-state index in [2.05, 4.69) is 38.2 Å². The Morgan fingerprint density at radius 3 is 1.15 bits per heavy atom. The van der Waals surface area contributed by atoms with Gasteiger partial charge in [0.05, 0.1) is 0 Å². The van der Waals surface area contributed by atoms with Gasteiger partial charge in [-0.2, -0.15) is 0 Å². The molecule has 1 heteroatoms. The molecule has 0 aromatic carbocycles. The molecule has 1 rings (SSSR count). The third-order valence-corrected chi connectivity index (χ3v) is 1.33. The van der Waals surface area contributed by atoms with Crippen LogP contribution < -0.4 is 0 Å². The molecule has 1 aliphatic carbocycles. The fraction of sp³-hybridized carbons (Fsp3) is 0.417. The Bertz CT molecular complexity index is 105. The largest absolute Gasteiger partial charge is 1.00 e. The van der Waals surface area contributed by atoms with Crippen LogP contribution in [0.5, 0.6) is 0 Å². The minimum atomic E-state index is 0. The zero-order chi connectivity index (χ0) is 9.23. The number of hydrogen-bond acceptors (Lipinski definition) is 0. The quantitative estimate of drug-likeness (QED) is 0.459. The van der Waals surface area contributed by atoms with Gasteiger partial charge in [-0.3, -0.25) is 0 Å². The Labute approximate surface area is 96.3 Å². The van der Waals surface area contributed by atoms with Crippen LogP contribution in [-0.4, -0.2) is 0 Å². The summed E-state index contributed by atoms with van der Waals surface area (Å²) >= 11 is 0. The zero-order valence-electron chi connectivity index (χ0n) is 8.41. The zero-order valence-corrected chi connectivity index (χ0v) is 10.1. The fourth-order valence-corrected chi connectivity index (χ4v) is 0.856. The van der Waals surface area contributed by atoms with Gasteiger partial charge >= 0.3 is 19.5 Å². The minimum absolute atomic E-state index is 0. The summed E-state index contributed by atoms with van der Waals surface area (Å²) in [7, 11) is 0. The third-order valence-electron chi connectivity index (χ3n) is 1.33. The van der Waals surface area contributed by atoms with Gasteiger partial charge in [0, 0.05) is 0 Å². The molecule has 0 atom stereocenters. The molecule has 4 radical (unpaired) electrons. The van der Waals surface area contributed by atoms with E-state index in [-0.39, 0.29) is 19.5 Å². The van der Waals surface area contributed by atoms with E-state index in [0.29, 0.717) is 0 Å². The maximum atomic E-state index is 3.44. The summed E-state index contributed by atoms with van der Waals surface area (Å²) < 4.78 is 0. The average Bonchev–Trinajstić information content (AvgIpc) is 1.82. The second-order valence-corrected chi connectivity index (χ2v) is 3.05. The summed E-state index contributed by atoms with van der Waals surface area (Å²) in [5.74, 6) is 0.917. The molecule has 0 saturated carbocycles. The fourth-order valence-electron chi connectivity index (χ4n) is 0.856. The molecule has 1 aliphatic rings. The van der Waals surface area contributed by atoms with Gasteiger partial charge in [-0.25, -0.2) is 0 Å². The summed E-state index contributed by atoms with van der Waals surface area (Å²) in [5.41, 5.74) is 0. The Morgan fingerprint density at radius 1 is 0.846 bits per heavy atom. The first-order chi connectivity index (χ1) is 5.73. The van der Waals surface area contributed by atoms with E-state index in [1.54, 1.807) is 0 Å². The first kappa shape index (κ1) is 15.6. The van der Waals surface area contributed by atoms with Crippen LogP contribution in [0.3, 0.4) is 0 Å². The van der Waals surface area contributed by atoms with Gasteiger partial charge in [-0.15, -0.1) is 0 Å². The van der Waals surface area contributed by atoms with Crippen molar-refractivity contribution < 1.29 is 19.5 Å². The van der Waals surface area contributed by atoms with E-state index in [1.807, 2.05) is 6.92 Å². The molecule has 0 spiro atoms. The summed E-state index contributed by atoms with van der Waals surface area (Å²) in [6, 6.07) is 0. The van der Waals surface area contributed by atoms with Crippen LogP contribution in [0.2, 0.25) is 0 Å². The molecule has 0 aromatic heterocycles. The van der Waals surface area contributed by atoms with Gasteiger partial charge in [0.25, 0.3) is 0 Å². The molecule has 74 valence electrons. The van der Waals surface area contributed by atoms with E-state index >= 15 is 0 Å². The van der Waals surface area contributed by atoms with Gasteiger partial charge in [0.1, 0.15) is 0 Å². The van der Waals surface area contributed by atoms with Crippen LogP contribution in [0.4, 0.5) is 0 Å². The van der Waals surface area contributed by atoms with Gasteiger partial charge in [-0.1, -0.05) is 31.2 Å². The molecule has 0 amide bonds.